The summed E-state index contributed by atoms with van der Waals surface area (Å²) in [5, 5.41) is 2.01. The maximum absolute atomic E-state index is 14.0. The minimum atomic E-state index is -0.747. The van der Waals surface area contributed by atoms with Gasteiger partial charge in [-0.2, -0.15) is 0 Å². The van der Waals surface area contributed by atoms with Crippen molar-refractivity contribution in [3.63, 3.8) is 0 Å². The van der Waals surface area contributed by atoms with E-state index in [4.69, 9.17) is 14.2 Å². The van der Waals surface area contributed by atoms with Gasteiger partial charge in [-0.25, -0.2) is 9.79 Å². The Morgan fingerprint density at radius 1 is 1.03 bits per heavy atom. The van der Waals surface area contributed by atoms with Crippen molar-refractivity contribution in [2.24, 2.45) is 4.99 Å². The van der Waals surface area contributed by atoms with Gasteiger partial charge in [0.25, 0.3) is 5.56 Å². The molecule has 1 atom stereocenters. The minimum absolute atomic E-state index is 0.208. The number of thiazole rings is 1. The van der Waals surface area contributed by atoms with Crippen molar-refractivity contribution in [2.45, 2.75) is 19.9 Å². The van der Waals surface area contributed by atoms with E-state index in [2.05, 4.69) is 4.99 Å². The SMILES string of the molecule is CCOC(=O)C1=C(C)N=c2s/c(=C/c3c(OC)ccc4ccccc34)c(=O)n2C1c1ccccc1OC. The third kappa shape index (κ3) is 4.23. The van der Waals surface area contributed by atoms with Crippen molar-refractivity contribution in [1.29, 1.82) is 0 Å². The topological polar surface area (TPSA) is 79.1 Å². The Kier molecular flexibility index (Phi) is 6.67. The van der Waals surface area contributed by atoms with E-state index in [1.165, 1.54) is 11.3 Å². The van der Waals surface area contributed by atoms with Crippen LogP contribution in [0.25, 0.3) is 16.8 Å². The minimum Gasteiger partial charge on any atom is -0.496 e. The molecular weight excluding hydrogens is 488 g/mol. The van der Waals surface area contributed by atoms with E-state index in [-0.39, 0.29) is 12.2 Å². The number of carbonyl (C=O) groups excluding carboxylic acids is 1. The van der Waals surface area contributed by atoms with Crippen molar-refractivity contribution in [2.75, 3.05) is 20.8 Å². The fourth-order valence-electron chi connectivity index (χ4n) is 4.71. The van der Waals surface area contributed by atoms with Gasteiger partial charge >= 0.3 is 5.97 Å². The number of hydrogen-bond acceptors (Lipinski definition) is 7. The summed E-state index contributed by atoms with van der Waals surface area (Å²) in [7, 11) is 3.18. The van der Waals surface area contributed by atoms with Gasteiger partial charge in [-0.05, 0) is 42.8 Å². The summed E-state index contributed by atoms with van der Waals surface area (Å²) in [4.78, 5) is 32.3. The number of rotatable bonds is 6. The highest BCUT2D eigenvalue weighted by molar-refractivity contribution is 7.07. The number of fused-ring (bicyclic) bond motifs is 2. The summed E-state index contributed by atoms with van der Waals surface area (Å²) in [6.45, 7) is 3.72. The molecule has 0 spiro atoms. The van der Waals surface area contributed by atoms with Crippen LogP contribution in [0, 0.1) is 0 Å². The van der Waals surface area contributed by atoms with E-state index < -0.39 is 12.0 Å². The van der Waals surface area contributed by atoms with Crippen LogP contribution in [0.2, 0.25) is 0 Å². The average Bonchev–Trinajstić information content (AvgIpc) is 3.22. The van der Waals surface area contributed by atoms with Crippen LogP contribution in [0.5, 0.6) is 11.5 Å². The lowest BCUT2D eigenvalue weighted by atomic mass is 9.95. The molecule has 1 aromatic heterocycles. The molecule has 0 saturated heterocycles. The van der Waals surface area contributed by atoms with Crippen LogP contribution in [0.1, 0.15) is 31.0 Å². The van der Waals surface area contributed by atoms with Crippen molar-refractivity contribution in [3.8, 4) is 11.5 Å². The van der Waals surface area contributed by atoms with Gasteiger partial charge in [-0.15, -0.1) is 0 Å². The quantitative estimate of drug-likeness (QED) is 0.364. The maximum Gasteiger partial charge on any atom is 0.338 e. The number of methoxy groups -OCH3 is 2. The summed E-state index contributed by atoms with van der Waals surface area (Å²) in [6.07, 6.45) is 1.84. The Hall–Kier alpha value is -4.17. The second kappa shape index (κ2) is 10.1. The maximum atomic E-state index is 14.0. The Morgan fingerprint density at radius 3 is 2.51 bits per heavy atom. The molecule has 1 aliphatic heterocycles. The highest BCUT2D eigenvalue weighted by Crippen LogP contribution is 2.35. The number of ether oxygens (including phenoxy) is 3. The zero-order chi connectivity index (χ0) is 26.1. The van der Waals surface area contributed by atoms with E-state index in [9.17, 15) is 9.59 Å². The van der Waals surface area contributed by atoms with Crippen molar-refractivity contribution in [3.05, 3.63) is 103 Å². The fourth-order valence-corrected chi connectivity index (χ4v) is 5.74. The highest BCUT2D eigenvalue weighted by atomic mass is 32.1. The molecule has 0 aliphatic carbocycles. The second-order valence-corrected chi connectivity index (χ2v) is 9.46. The van der Waals surface area contributed by atoms with Crippen LogP contribution in [0.4, 0.5) is 0 Å². The normalized spacial score (nSPS) is 15.4. The van der Waals surface area contributed by atoms with Crippen LogP contribution in [0.15, 0.2) is 81.7 Å². The molecule has 7 nitrogen and oxygen atoms in total. The number of hydrogen-bond donors (Lipinski definition) is 0. The molecule has 4 aromatic rings. The fraction of sp³-hybridized carbons (Fsp3) is 0.207. The zero-order valence-corrected chi connectivity index (χ0v) is 21.8. The number of esters is 1. The molecule has 0 radical (unpaired) electrons. The lowest BCUT2D eigenvalue weighted by Gasteiger charge is -2.25. The summed E-state index contributed by atoms with van der Waals surface area (Å²) in [5.41, 5.74) is 2.04. The Morgan fingerprint density at radius 2 is 1.76 bits per heavy atom. The van der Waals surface area contributed by atoms with Crippen molar-refractivity contribution in [1.82, 2.24) is 4.57 Å². The first-order valence-corrected chi connectivity index (χ1v) is 12.7. The first-order chi connectivity index (χ1) is 18.0. The van der Waals surface area contributed by atoms with Crippen LogP contribution < -0.4 is 24.4 Å². The standard InChI is InChI=1S/C29H26N2O5S/c1-5-36-28(33)25-17(2)30-29-31(26(25)20-12-8-9-13-22(20)34-3)27(32)24(37-29)16-21-19-11-7-6-10-18(19)14-15-23(21)35-4/h6-16,26H,5H2,1-4H3/b24-16+. The van der Waals surface area contributed by atoms with E-state index >= 15 is 0 Å². The Labute approximate surface area is 217 Å². The van der Waals surface area contributed by atoms with E-state index in [0.29, 0.717) is 37.7 Å². The molecule has 0 saturated carbocycles. The third-order valence-corrected chi connectivity index (χ3v) is 7.36. The molecule has 0 bridgehead atoms. The number of benzene rings is 3. The number of carbonyl (C=O) groups is 1. The smallest absolute Gasteiger partial charge is 0.338 e. The molecule has 2 heterocycles. The average molecular weight is 515 g/mol. The van der Waals surface area contributed by atoms with Crippen molar-refractivity contribution < 1.29 is 19.0 Å². The van der Waals surface area contributed by atoms with Crippen LogP contribution in [0.3, 0.4) is 0 Å². The number of para-hydroxylation sites is 1. The first-order valence-electron chi connectivity index (χ1n) is 11.9. The van der Waals surface area contributed by atoms with E-state index in [1.54, 1.807) is 32.6 Å². The molecule has 5 rings (SSSR count). The summed E-state index contributed by atoms with van der Waals surface area (Å²) in [6, 6.07) is 18.4. The van der Waals surface area contributed by atoms with Crippen molar-refractivity contribution >= 4 is 34.2 Å². The molecular formula is C29H26N2O5S. The number of aromatic nitrogens is 1. The number of nitrogens with zero attached hydrogens (tertiary/aromatic N) is 2. The molecule has 1 unspecified atom stereocenters. The second-order valence-electron chi connectivity index (χ2n) is 8.45. The molecule has 1 aliphatic rings. The van der Waals surface area contributed by atoms with Crippen LogP contribution in [-0.2, 0) is 9.53 Å². The predicted octanol–water partition coefficient (Wildman–Crippen LogP) is 3.97. The van der Waals surface area contributed by atoms with Gasteiger partial charge in [0.2, 0.25) is 0 Å². The van der Waals surface area contributed by atoms with Gasteiger partial charge < -0.3 is 14.2 Å². The lowest BCUT2D eigenvalue weighted by Crippen LogP contribution is -2.40. The first kappa shape index (κ1) is 24.5. The van der Waals surface area contributed by atoms with Gasteiger partial charge in [0.05, 0.1) is 36.6 Å². The van der Waals surface area contributed by atoms with Gasteiger partial charge in [0.1, 0.15) is 17.5 Å². The Balaban J connectivity index is 1.81. The van der Waals surface area contributed by atoms with E-state index in [0.717, 1.165) is 16.3 Å². The largest absolute Gasteiger partial charge is 0.496 e. The zero-order valence-electron chi connectivity index (χ0n) is 21.0. The van der Waals surface area contributed by atoms with Gasteiger partial charge in [-0.1, -0.05) is 59.9 Å². The van der Waals surface area contributed by atoms with Gasteiger partial charge in [0.15, 0.2) is 4.80 Å². The highest BCUT2D eigenvalue weighted by Gasteiger charge is 2.35. The number of allylic oxidation sites excluding steroid dienone is 1. The Bertz CT molecular complexity index is 1730. The summed E-state index contributed by atoms with van der Waals surface area (Å²) >= 11 is 1.27. The van der Waals surface area contributed by atoms with Crippen LogP contribution in [-0.4, -0.2) is 31.4 Å². The molecule has 37 heavy (non-hydrogen) atoms. The monoisotopic (exact) mass is 514 g/mol. The molecule has 0 amide bonds. The molecule has 3 aromatic carbocycles. The molecule has 0 N–H and O–H groups in total. The van der Waals surface area contributed by atoms with Gasteiger partial charge in [0, 0.05) is 11.1 Å². The summed E-state index contributed by atoms with van der Waals surface area (Å²) < 4.78 is 18.7. The van der Waals surface area contributed by atoms with Crippen LogP contribution >= 0.6 is 11.3 Å². The predicted molar refractivity (Wildman–Crippen MR) is 144 cm³/mol. The third-order valence-electron chi connectivity index (χ3n) is 6.38. The molecule has 8 heteroatoms. The molecule has 188 valence electrons. The van der Waals surface area contributed by atoms with Gasteiger partial charge in [-0.3, -0.25) is 9.36 Å². The lowest BCUT2D eigenvalue weighted by molar-refractivity contribution is -0.139. The summed E-state index contributed by atoms with van der Waals surface area (Å²) in [5.74, 6) is 0.716. The molecule has 0 fully saturated rings. The van der Waals surface area contributed by atoms with E-state index in [1.807, 2.05) is 66.7 Å².